The van der Waals surface area contributed by atoms with Crippen LogP contribution in [0.15, 0.2) is 102 Å². The lowest BCUT2D eigenvalue weighted by atomic mass is 9.84. The Morgan fingerprint density at radius 3 is 1.45 bits per heavy atom. The number of esters is 1. The highest BCUT2D eigenvalue weighted by Gasteiger charge is 2.36. The fourth-order valence-corrected chi connectivity index (χ4v) is 4.45. The van der Waals surface area contributed by atoms with E-state index in [1.54, 1.807) is 11.8 Å². The number of carbonyl (C=O) groups excluding carboxylic acids is 1. The van der Waals surface area contributed by atoms with Crippen molar-refractivity contribution in [3.05, 3.63) is 119 Å². The highest BCUT2D eigenvalue weighted by Crippen LogP contribution is 2.48. The molecule has 3 aromatic rings. The van der Waals surface area contributed by atoms with Crippen LogP contribution in [0.25, 0.3) is 0 Å². The minimum Gasteiger partial charge on any atom is -0.457 e. The van der Waals surface area contributed by atoms with Crippen LogP contribution in [0.5, 0.6) is 0 Å². The van der Waals surface area contributed by atoms with Gasteiger partial charge >= 0.3 is 5.97 Å². The molecule has 29 heavy (non-hydrogen) atoms. The zero-order chi connectivity index (χ0) is 20.7. The van der Waals surface area contributed by atoms with Crippen molar-refractivity contribution in [1.82, 2.24) is 0 Å². The summed E-state index contributed by atoms with van der Waals surface area (Å²) in [7, 11) is 0. The molecule has 0 fully saturated rings. The van der Waals surface area contributed by atoms with Crippen molar-refractivity contribution in [2.75, 3.05) is 0 Å². The Labute approximate surface area is 177 Å². The number of hydrogen-bond donors (Lipinski definition) is 0. The maximum Gasteiger partial charge on any atom is 0.331 e. The van der Waals surface area contributed by atoms with Gasteiger partial charge in [0.25, 0.3) is 0 Å². The summed E-state index contributed by atoms with van der Waals surface area (Å²) >= 11 is 1.60. The van der Waals surface area contributed by atoms with Crippen molar-refractivity contribution in [3.8, 4) is 0 Å². The molecule has 148 valence electrons. The lowest BCUT2D eigenvalue weighted by molar-refractivity contribution is -0.148. The largest absolute Gasteiger partial charge is 0.457 e. The third kappa shape index (κ3) is 5.18. The summed E-state index contributed by atoms with van der Waals surface area (Å²) in [6.07, 6.45) is 1.51. The molecule has 0 aliphatic heterocycles. The molecule has 0 aliphatic carbocycles. The van der Waals surface area contributed by atoms with Crippen LogP contribution in [0.2, 0.25) is 0 Å². The molecule has 0 amide bonds. The van der Waals surface area contributed by atoms with Crippen LogP contribution in [-0.4, -0.2) is 11.6 Å². The Kier molecular flexibility index (Phi) is 6.60. The van der Waals surface area contributed by atoms with Gasteiger partial charge < -0.3 is 4.74 Å². The number of thioether (sulfide) groups is 1. The topological polar surface area (TPSA) is 26.3 Å². The third-order valence-electron chi connectivity index (χ3n) is 4.40. The maximum atomic E-state index is 12.2. The summed E-state index contributed by atoms with van der Waals surface area (Å²) in [4.78, 5) is 12.2. The van der Waals surface area contributed by atoms with Gasteiger partial charge in [-0.05, 0) is 42.9 Å². The molecule has 0 bridgehead atoms. The molecule has 0 saturated heterocycles. The van der Waals surface area contributed by atoms with Crippen LogP contribution >= 0.6 is 11.8 Å². The normalized spacial score (nSPS) is 12.1. The van der Waals surface area contributed by atoms with Crippen molar-refractivity contribution in [3.63, 3.8) is 0 Å². The summed E-state index contributed by atoms with van der Waals surface area (Å²) in [6.45, 7) is 5.61. The Balaban J connectivity index is 2.09. The fraction of sp³-hybridized carbons (Fsp3) is 0.192. The molecule has 3 rings (SSSR count). The van der Waals surface area contributed by atoms with Gasteiger partial charge in [-0.25, -0.2) is 4.79 Å². The number of benzene rings is 3. The van der Waals surface area contributed by atoms with Crippen LogP contribution in [-0.2, 0) is 14.3 Å². The van der Waals surface area contributed by atoms with Crippen molar-refractivity contribution >= 4 is 17.7 Å². The van der Waals surface area contributed by atoms with E-state index in [1.807, 2.05) is 80.8 Å². The van der Waals surface area contributed by atoms with Crippen molar-refractivity contribution < 1.29 is 9.53 Å². The van der Waals surface area contributed by atoms with Crippen LogP contribution in [0.4, 0.5) is 0 Å². The van der Waals surface area contributed by atoms with Crippen molar-refractivity contribution in [2.24, 2.45) is 0 Å². The highest BCUT2D eigenvalue weighted by atomic mass is 32.2. The van der Waals surface area contributed by atoms with E-state index in [9.17, 15) is 4.79 Å². The van der Waals surface area contributed by atoms with Crippen LogP contribution in [0.3, 0.4) is 0 Å². The van der Waals surface area contributed by atoms with Gasteiger partial charge in [-0.2, -0.15) is 0 Å². The second-order valence-corrected chi connectivity index (χ2v) is 8.85. The Hall–Kier alpha value is -2.78. The van der Waals surface area contributed by atoms with Gasteiger partial charge in [-0.15, -0.1) is 11.8 Å². The van der Waals surface area contributed by atoms with E-state index in [-0.39, 0.29) is 5.97 Å². The minimum atomic E-state index is -0.512. The average Bonchev–Trinajstić information content (AvgIpc) is 2.72. The summed E-state index contributed by atoms with van der Waals surface area (Å²) in [5.41, 5.74) is 2.94. The maximum absolute atomic E-state index is 12.2. The third-order valence-corrected chi connectivity index (χ3v) is 5.73. The average molecular weight is 403 g/mol. The smallest absolute Gasteiger partial charge is 0.331 e. The monoisotopic (exact) mass is 402 g/mol. The van der Waals surface area contributed by atoms with E-state index in [0.29, 0.717) is 0 Å². The van der Waals surface area contributed by atoms with E-state index in [0.717, 1.165) is 16.7 Å². The minimum absolute atomic E-state index is 0.340. The van der Waals surface area contributed by atoms with Crippen LogP contribution < -0.4 is 0 Å². The zero-order valence-corrected chi connectivity index (χ0v) is 17.9. The molecule has 0 aliphatic rings. The van der Waals surface area contributed by atoms with Gasteiger partial charge in [0.1, 0.15) is 5.60 Å². The summed E-state index contributed by atoms with van der Waals surface area (Å²) in [5, 5.41) is 1.85. The Bertz CT molecular complexity index is 846. The molecule has 0 aromatic heterocycles. The predicted molar refractivity (Wildman–Crippen MR) is 122 cm³/mol. The highest BCUT2D eigenvalue weighted by molar-refractivity contribution is 8.03. The van der Waals surface area contributed by atoms with Crippen LogP contribution in [0.1, 0.15) is 37.5 Å². The van der Waals surface area contributed by atoms with Crippen molar-refractivity contribution in [1.29, 1.82) is 0 Å². The zero-order valence-electron chi connectivity index (χ0n) is 17.0. The molecule has 3 aromatic carbocycles. The Morgan fingerprint density at radius 1 is 0.724 bits per heavy atom. The van der Waals surface area contributed by atoms with Gasteiger partial charge in [0.2, 0.25) is 0 Å². The van der Waals surface area contributed by atoms with Gasteiger partial charge in [-0.1, -0.05) is 91.0 Å². The first-order chi connectivity index (χ1) is 13.9. The van der Waals surface area contributed by atoms with Crippen molar-refractivity contribution in [2.45, 2.75) is 31.1 Å². The number of carbonyl (C=O) groups is 1. The summed E-state index contributed by atoms with van der Waals surface area (Å²) in [5.74, 6) is -0.340. The first kappa shape index (κ1) is 20.9. The van der Waals surface area contributed by atoms with Gasteiger partial charge in [0.15, 0.2) is 0 Å². The molecule has 0 unspecified atom stereocenters. The summed E-state index contributed by atoms with van der Waals surface area (Å²) < 4.78 is 4.95. The SMILES string of the molecule is CC(C)(C)OC(=O)/C=C\SC(c1ccccc1)(c1ccccc1)c1ccccc1. The molecular weight excluding hydrogens is 376 g/mol. The molecule has 0 heterocycles. The molecule has 0 N–H and O–H groups in total. The van der Waals surface area contributed by atoms with E-state index < -0.39 is 10.3 Å². The molecule has 0 spiro atoms. The number of ether oxygens (including phenoxy) is 1. The van der Waals surface area contributed by atoms with E-state index in [1.165, 1.54) is 6.08 Å². The van der Waals surface area contributed by atoms with Crippen LogP contribution in [0, 0.1) is 0 Å². The quantitative estimate of drug-likeness (QED) is 0.265. The lowest BCUT2D eigenvalue weighted by Gasteiger charge is -2.34. The molecule has 2 nitrogen and oxygen atoms in total. The molecule has 0 atom stereocenters. The van der Waals surface area contributed by atoms with E-state index >= 15 is 0 Å². The van der Waals surface area contributed by atoms with Gasteiger partial charge in [0.05, 0.1) is 4.75 Å². The van der Waals surface area contributed by atoms with E-state index in [2.05, 4.69) is 36.4 Å². The fourth-order valence-electron chi connectivity index (χ4n) is 3.25. The predicted octanol–water partition coefficient (Wildman–Crippen LogP) is 6.57. The standard InChI is InChI=1S/C26H26O2S/c1-25(2,3)28-24(27)19-20-29-26(21-13-7-4-8-14-21,22-15-9-5-10-16-22)23-17-11-6-12-18-23/h4-20H,1-3H3/b20-19-. The first-order valence-corrected chi connectivity index (χ1v) is 10.5. The van der Waals surface area contributed by atoms with E-state index in [4.69, 9.17) is 4.74 Å². The molecule has 0 saturated carbocycles. The van der Waals surface area contributed by atoms with Gasteiger partial charge in [0, 0.05) is 6.08 Å². The number of hydrogen-bond acceptors (Lipinski definition) is 3. The molecular formula is C26H26O2S. The second-order valence-electron chi connectivity index (χ2n) is 7.73. The second kappa shape index (κ2) is 9.15. The lowest BCUT2D eigenvalue weighted by Crippen LogP contribution is -2.25. The van der Waals surface area contributed by atoms with Gasteiger partial charge in [-0.3, -0.25) is 0 Å². The number of rotatable bonds is 6. The molecule has 3 heteroatoms. The summed E-state index contributed by atoms with van der Waals surface area (Å²) in [6, 6.07) is 31.2. The first-order valence-electron chi connectivity index (χ1n) is 9.66. The molecule has 0 radical (unpaired) electrons. The Morgan fingerprint density at radius 2 is 1.10 bits per heavy atom.